The van der Waals surface area contributed by atoms with E-state index in [1.807, 2.05) is 6.20 Å². The van der Waals surface area contributed by atoms with E-state index in [-0.39, 0.29) is 5.69 Å². The molecule has 3 rings (SSSR count). The number of rotatable bonds is 6. The number of unbranched alkanes of at least 4 members (excludes halogenated alkanes) is 1. The van der Waals surface area contributed by atoms with E-state index in [2.05, 4.69) is 33.5 Å². The van der Waals surface area contributed by atoms with Gasteiger partial charge in [-0.3, -0.25) is 0 Å². The zero-order valence-corrected chi connectivity index (χ0v) is 15.7. The lowest BCUT2D eigenvalue weighted by molar-refractivity contribution is -0.136. The minimum Gasteiger partial charge on any atom is -0.307 e. The molecule has 154 valence electrons. The number of para-hydroxylation sites is 1. The van der Waals surface area contributed by atoms with Crippen LogP contribution in [0.25, 0.3) is 0 Å². The van der Waals surface area contributed by atoms with Crippen molar-refractivity contribution in [2.45, 2.75) is 32.4 Å². The number of amides is 2. The highest BCUT2D eigenvalue weighted by atomic mass is 19.4. The van der Waals surface area contributed by atoms with Crippen molar-refractivity contribution in [3.8, 4) is 0 Å². The Morgan fingerprint density at radius 3 is 2.66 bits per heavy atom. The van der Waals surface area contributed by atoms with Crippen LogP contribution in [0.1, 0.15) is 31.7 Å². The van der Waals surface area contributed by atoms with Crippen LogP contribution in [0.5, 0.6) is 0 Å². The van der Waals surface area contributed by atoms with Crippen LogP contribution in [-0.2, 0) is 6.18 Å². The molecule has 10 heteroatoms. The van der Waals surface area contributed by atoms with Crippen molar-refractivity contribution >= 4 is 23.2 Å². The third kappa shape index (κ3) is 5.38. The van der Waals surface area contributed by atoms with Crippen molar-refractivity contribution in [2.75, 3.05) is 15.6 Å². The summed E-state index contributed by atoms with van der Waals surface area (Å²) in [4.78, 5) is 16.3. The molecule has 0 atom stereocenters. The SMILES string of the molecule is CCCCC1=CN(c2ccc(NC(=O)Nc3ccccc3C(F)(F)F)cn2)NN1. The predicted octanol–water partition coefficient (Wildman–Crippen LogP) is 4.61. The maximum Gasteiger partial charge on any atom is 0.418 e. The molecule has 0 fully saturated rings. The summed E-state index contributed by atoms with van der Waals surface area (Å²) in [6.45, 7) is 2.12. The first-order valence-electron chi connectivity index (χ1n) is 9.08. The number of aromatic nitrogens is 1. The molecule has 1 aromatic heterocycles. The van der Waals surface area contributed by atoms with E-state index in [9.17, 15) is 18.0 Å². The van der Waals surface area contributed by atoms with E-state index in [1.54, 1.807) is 17.1 Å². The molecule has 1 aromatic carbocycles. The molecule has 29 heavy (non-hydrogen) atoms. The van der Waals surface area contributed by atoms with Crippen molar-refractivity contribution < 1.29 is 18.0 Å². The van der Waals surface area contributed by atoms with E-state index in [4.69, 9.17) is 0 Å². The highest BCUT2D eigenvalue weighted by molar-refractivity contribution is 6.00. The van der Waals surface area contributed by atoms with Gasteiger partial charge in [0.2, 0.25) is 0 Å². The first-order valence-corrected chi connectivity index (χ1v) is 9.08. The van der Waals surface area contributed by atoms with Crippen LogP contribution in [0, 0.1) is 0 Å². The van der Waals surface area contributed by atoms with Gasteiger partial charge in [-0.25, -0.2) is 14.8 Å². The number of pyridine rings is 1. The quantitative estimate of drug-likeness (QED) is 0.564. The zero-order chi connectivity index (χ0) is 20.9. The van der Waals surface area contributed by atoms with Crippen LogP contribution < -0.4 is 26.6 Å². The number of hydrogen-bond acceptors (Lipinski definition) is 5. The van der Waals surface area contributed by atoms with E-state index in [0.717, 1.165) is 31.0 Å². The first-order chi connectivity index (χ1) is 13.9. The molecule has 0 unspecified atom stereocenters. The standard InChI is InChI=1S/C19H21F3N6O/c1-2-3-6-14-12-28(27-26-14)17-10-9-13(11-23-17)24-18(29)25-16-8-5-4-7-15(16)19(20,21)22/h4-5,7-12,26-27H,2-3,6H2,1H3,(H2,24,25,29). The lowest BCUT2D eigenvalue weighted by Crippen LogP contribution is -2.36. The van der Waals surface area contributed by atoms with E-state index in [0.29, 0.717) is 11.5 Å². The summed E-state index contributed by atoms with van der Waals surface area (Å²) in [5, 5.41) is 6.40. The molecule has 2 aromatic rings. The van der Waals surface area contributed by atoms with Crippen LogP contribution in [0.2, 0.25) is 0 Å². The van der Waals surface area contributed by atoms with Gasteiger partial charge >= 0.3 is 12.2 Å². The predicted molar refractivity (Wildman–Crippen MR) is 105 cm³/mol. The van der Waals surface area contributed by atoms with Crippen LogP contribution in [0.3, 0.4) is 0 Å². The van der Waals surface area contributed by atoms with Crippen molar-refractivity contribution in [3.63, 3.8) is 0 Å². The number of carbonyl (C=O) groups is 1. The smallest absolute Gasteiger partial charge is 0.307 e. The van der Waals surface area contributed by atoms with Gasteiger partial charge in [0.05, 0.1) is 23.1 Å². The van der Waals surface area contributed by atoms with Gasteiger partial charge in [-0.15, -0.1) is 5.53 Å². The van der Waals surface area contributed by atoms with Gasteiger partial charge in [0, 0.05) is 11.9 Å². The average Bonchev–Trinajstić information content (AvgIpc) is 3.15. The fourth-order valence-electron chi connectivity index (χ4n) is 2.70. The number of hydrazine groups is 2. The number of anilines is 3. The second-order valence-electron chi connectivity index (χ2n) is 6.39. The van der Waals surface area contributed by atoms with E-state index >= 15 is 0 Å². The molecule has 0 saturated heterocycles. The van der Waals surface area contributed by atoms with Gasteiger partial charge in [-0.1, -0.05) is 25.5 Å². The first kappa shape index (κ1) is 20.5. The van der Waals surface area contributed by atoms with Crippen LogP contribution in [0.4, 0.5) is 35.2 Å². The second kappa shape index (κ2) is 8.82. The fourth-order valence-corrected chi connectivity index (χ4v) is 2.70. The normalized spacial score (nSPS) is 13.7. The van der Waals surface area contributed by atoms with Gasteiger partial charge in [0.15, 0.2) is 0 Å². The third-order valence-electron chi connectivity index (χ3n) is 4.15. The van der Waals surface area contributed by atoms with Gasteiger partial charge in [-0.2, -0.15) is 13.2 Å². The number of hydrogen-bond donors (Lipinski definition) is 4. The Balaban J connectivity index is 1.61. The molecule has 0 saturated carbocycles. The second-order valence-corrected chi connectivity index (χ2v) is 6.39. The number of benzene rings is 1. The minimum atomic E-state index is -4.56. The fraction of sp³-hybridized carbons (Fsp3) is 0.263. The summed E-state index contributed by atoms with van der Waals surface area (Å²) in [6, 6.07) is 7.27. The highest BCUT2D eigenvalue weighted by Gasteiger charge is 2.33. The van der Waals surface area contributed by atoms with Gasteiger partial charge in [0.25, 0.3) is 0 Å². The molecular weight excluding hydrogens is 385 g/mol. The maximum atomic E-state index is 13.0. The van der Waals surface area contributed by atoms with Crippen molar-refractivity contribution in [3.05, 3.63) is 60.1 Å². The summed E-state index contributed by atoms with van der Waals surface area (Å²) in [5.41, 5.74) is 6.17. The summed E-state index contributed by atoms with van der Waals surface area (Å²) >= 11 is 0. The Bertz CT molecular complexity index is 882. The number of halogens is 3. The summed E-state index contributed by atoms with van der Waals surface area (Å²) in [6.07, 6.45) is 1.83. The molecule has 0 aliphatic carbocycles. The van der Waals surface area contributed by atoms with E-state index < -0.39 is 17.8 Å². The van der Waals surface area contributed by atoms with Gasteiger partial charge in [0.1, 0.15) is 5.82 Å². The maximum absolute atomic E-state index is 13.0. The number of nitrogens with zero attached hydrogens (tertiary/aromatic N) is 2. The number of urea groups is 1. The number of nitrogens with one attached hydrogen (secondary N) is 4. The molecule has 0 bridgehead atoms. The molecule has 2 amide bonds. The van der Waals surface area contributed by atoms with E-state index in [1.165, 1.54) is 24.4 Å². The third-order valence-corrected chi connectivity index (χ3v) is 4.15. The lowest BCUT2D eigenvalue weighted by atomic mass is 10.1. The molecule has 2 heterocycles. The van der Waals surface area contributed by atoms with Crippen molar-refractivity contribution in [2.24, 2.45) is 0 Å². The molecule has 1 aliphatic rings. The summed E-state index contributed by atoms with van der Waals surface area (Å²) < 4.78 is 39.0. The molecule has 1 aliphatic heterocycles. The van der Waals surface area contributed by atoms with Crippen LogP contribution in [-0.4, -0.2) is 11.0 Å². The molecule has 4 N–H and O–H groups in total. The van der Waals surface area contributed by atoms with Crippen LogP contribution >= 0.6 is 0 Å². The minimum absolute atomic E-state index is 0.320. The number of carbonyl (C=O) groups excluding carboxylic acids is 1. The lowest BCUT2D eigenvalue weighted by Gasteiger charge is -2.15. The molecular formula is C19H21F3N6O. The molecule has 7 nitrogen and oxygen atoms in total. The highest BCUT2D eigenvalue weighted by Crippen LogP contribution is 2.34. The Morgan fingerprint density at radius 1 is 1.17 bits per heavy atom. The average molecular weight is 406 g/mol. The zero-order valence-electron chi connectivity index (χ0n) is 15.7. The summed E-state index contributed by atoms with van der Waals surface area (Å²) in [5.74, 6) is 0.595. The monoisotopic (exact) mass is 406 g/mol. The number of alkyl halides is 3. The molecule has 0 spiro atoms. The number of allylic oxidation sites excluding steroid dienone is 1. The van der Waals surface area contributed by atoms with Crippen molar-refractivity contribution in [1.82, 2.24) is 15.9 Å². The van der Waals surface area contributed by atoms with Crippen LogP contribution in [0.15, 0.2) is 54.5 Å². The Morgan fingerprint density at radius 2 is 1.97 bits per heavy atom. The largest absolute Gasteiger partial charge is 0.418 e. The molecule has 0 radical (unpaired) electrons. The summed E-state index contributed by atoms with van der Waals surface area (Å²) in [7, 11) is 0. The van der Waals surface area contributed by atoms with Gasteiger partial charge in [-0.05, 0) is 37.1 Å². The topological polar surface area (TPSA) is 81.3 Å². The Kier molecular flexibility index (Phi) is 6.23. The Hall–Kier alpha value is -3.27. The van der Waals surface area contributed by atoms with Gasteiger partial charge < -0.3 is 16.1 Å². The Labute approximate surface area is 165 Å². The van der Waals surface area contributed by atoms with Crippen molar-refractivity contribution in [1.29, 1.82) is 0 Å².